The number of aromatic nitrogens is 4. The summed E-state index contributed by atoms with van der Waals surface area (Å²) in [5.74, 6) is 1.83. The van der Waals surface area contributed by atoms with E-state index in [0.717, 1.165) is 23.0 Å². The van der Waals surface area contributed by atoms with Crippen LogP contribution in [-0.4, -0.2) is 30.7 Å². The number of hydrogen-bond donors (Lipinski definition) is 1. The molecule has 0 atom stereocenters. The van der Waals surface area contributed by atoms with Gasteiger partial charge in [0, 0.05) is 31.3 Å². The van der Waals surface area contributed by atoms with E-state index in [-0.39, 0.29) is 6.47 Å². The van der Waals surface area contributed by atoms with Crippen LogP contribution in [0.4, 0.5) is 0 Å². The van der Waals surface area contributed by atoms with Gasteiger partial charge in [0.15, 0.2) is 5.82 Å². The molecule has 1 aromatic carbocycles. The summed E-state index contributed by atoms with van der Waals surface area (Å²) in [5, 5.41) is 6.89. The molecular weight excluding hydrogens is 308 g/mol. The molecule has 0 amide bonds. The Morgan fingerprint density at radius 1 is 1.29 bits per heavy atom. The lowest BCUT2D eigenvalue weighted by atomic mass is 10.1. The van der Waals surface area contributed by atoms with Crippen LogP contribution >= 0.6 is 0 Å². The summed E-state index contributed by atoms with van der Waals surface area (Å²) in [6, 6.07) is 6.41. The van der Waals surface area contributed by atoms with Crippen molar-refractivity contribution in [1.82, 2.24) is 19.1 Å². The van der Waals surface area contributed by atoms with Crippen LogP contribution < -0.4 is 0 Å². The van der Waals surface area contributed by atoms with Crippen LogP contribution in [0.2, 0.25) is 0 Å². The Kier molecular flexibility index (Phi) is 4.43. The summed E-state index contributed by atoms with van der Waals surface area (Å²) >= 11 is 0. The van der Waals surface area contributed by atoms with Crippen LogP contribution in [-0.2, 0) is 29.8 Å². The number of aryl methyl sites for hydroxylation is 2. The minimum Gasteiger partial charge on any atom is -0.483 e. The Bertz CT molecular complexity index is 847. The number of carboxylic acid groups (broad SMARTS) is 1. The predicted octanol–water partition coefficient (Wildman–Crippen LogP) is 2.31. The van der Waals surface area contributed by atoms with Crippen molar-refractivity contribution in [3.8, 4) is 17.2 Å². The highest BCUT2D eigenvalue weighted by molar-refractivity contribution is 5.55. The van der Waals surface area contributed by atoms with Gasteiger partial charge in [0.05, 0.1) is 13.2 Å². The number of carbonyl (C=O) groups is 1. The fraction of sp³-hybridized carbons (Fsp3) is 0.235. The minimum atomic E-state index is -0.250. The summed E-state index contributed by atoms with van der Waals surface area (Å²) in [7, 11) is 1.99. The van der Waals surface area contributed by atoms with Crippen LogP contribution in [0.5, 0.6) is 0 Å². The molecule has 0 saturated heterocycles. The first kappa shape index (κ1) is 15.9. The maximum atomic E-state index is 8.36. The quantitative estimate of drug-likeness (QED) is 0.731. The van der Waals surface area contributed by atoms with Crippen molar-refractivity contribution in [1.29, 1.82) is 0 Å². The molecule has 124 valence electrons. The molecule has 0 aliphatic carbocycles. The highest BCUT2D eigenvalue weighted by Gasteiger charge is 2.15. The van der Waals surface area contributed by atoms with Crippen LogP contribution in [0.3, 0.4) is 0 Å². The van der Waals surface area contributed by atoms with Gasteiger partial charge in [-0.25, -0.2) is 9.97 Å². The van der Waals surface area contributed by atoms with Gasteiger partial charge >= 0.3 is 0 Å². The monoisotopic (exact) mass is 326 g/mol. The summed E-state index contributed by atoms with van der Waals surface area (Å²) in [6.45, 7) is 3.14. The molecule has 7 nitrogen and oxygen atoms in total. The second-order valence-electron chi connectivity index (χ2n) is 5.46. The fourth-order valence-electron chi connectivity index (χ4n) is 2.68. The zero-order chi connectivity index (χ0) is 17.1. The second-order valence-corrected chi connectivity index (χ2v) is 5.46. The zero-order valence-corrected chi connectivity index (χ0v) is 13.5. The molecule has 0 fully saturated rings. The molecule has 0 unspecified atom stereocenters. The van der Waals surface area contributed by atoms with E-state index in [2.05, 4.69) is 32.7 Å². The van der Waals surface area contributed by atoms with Crippen LogP contribution in [0.25, 0.3) is 17.2 Å². The van der Waals surface area contributed by atoms with Crippen molar-refractivity contribution in [2.75, 3.05) is 0 Å². The third kappa shape index (κ3) is 2.93. The maximum absolute atomic E-state index is 8.36. The van der Waals surface area contributed by atoms with E-state index < -0.39 is 0 Å². The van der Waals surface area contributed by atoms with E-state index in [0.29, 0.717) is 13.2 Å². The molecule has 24 heavy (non-hydrogen) atoms. The van der Waals surface area contributed by atoms with E-state index in [1.165, 1.54) is 11.1 Å². The van der Waals surface area contributed by atoms with E-state index in [1.807, 2.05) is 37.1 Å². The number of fused-ring (bicyclic) bond motifs is 1. The molecule has 3 heterocycles. The van der Waals surface area contributed by atoms with Crippen molar-refractivity contribution in [2.45, 2.75) is 20.1 Å². The topological polar surface area (TPSA) is 82.2 Å². The summed E-state index contributed by atoms with van der Waals surface area (Å²) in [5.41, 5.74) is 4.50. The van der Waals surface area contributed by atoms with Gasteiger partial charge in [0.2, 0.25) is 0 Å². The third-order valence-corrected chi connectivity index (χ3v) is 3.96. The lowest BCUT2D eigenvalue weighted by Crippen LogP contribution is -1.98. The van der Waals surface area contributed by atoms with E-state index in [9.17, 15) is 0 Å². The number of nitrogens with zero attached hydrogens (tertiary/aromatic N) is 4. The number of hydrogen-bond acceptors (Lipinski definition) is 4. The first-order valence-corrected chi connectivity index (χ1v) is 7.45. The molecular formula is C17H18N4O3. The number of rotatable bonds is 2. The lowest BCUT2D eigenvalue weighted by molar-refractivity contribution is -0.122. The average Bonchev–Trinajstić information content (AvgIpc) is 3.28. The second kappa shape index (κ2) is 6.67. The van der Waals surface area contributed by atoms with Gasteiger partial charge in [-0.3, -0.25) is 9.36 Å². The van der Waals surface area contributed by atoms with Crippen LogP contribution in [0.1, 0.15) is 17.0 Å². The van der Waals surface area contributed by atoms with Crippen molar-refractivity contribution in [2.24, 2.45) is 7.05 Å². The van der Waals surface area contributed by atoms with Crippen LogP contribution in [0.15, 0.2) is 36.8 Å². The molecule has 0 saturated carbocycles. The molecule has 1 N–H and O–H groups in total. The Hall–Kier alpha value is -2.93. The minimum absolute atomic E-state index is 0.250. The SMILES string of the molecule is Cc1nc(-c2nccn2-c2ccc3c(c2)COC3)cn1C.O=CO. The van der Waals surface area contributed by atoms with Gasteiger partial charge < -0.3 is 14.4 Å². The fourth-order valence-corrected chi connectivity index (χ4v) is 2.68. The first-order chi connectivity index (χ1) is 11.6. The van der Waals surface area contributed by atoms with Crippen molar-refractivity contribution < 1.29 is 14.6 Å². The summed E-state index contributed by atoms with van der Waals surface area (Å²) < 4.78 is 9.56. The van der Waals surface area contributed by atoms with Crippen molar-refractivity contribution in [3.63, 3.8) is 0 Å². The third-order valence-electron chi connectivity index (χ3n) is 3.96. The molecule has 2 aromatic heterocycles. The molecule has 1 aliphatic rings. The Morgan fingerprint density at radius 3 is 2.75 bits per heavy atom. The predicted molar refractivity (Wildman–Crippen MR) is 87.7 cm³/mol. The lowest BCUT2D eigenvalue weighted by Gasteiger charge is -2.08. The zero-order valence-electron chi connectivity index (χ0n) is 13.5. The molecule has 0 bridgehead atoms. The molecule has 0 spiro atoms. The Balaban J connectivity index is 0.000000526. The molecule has 0 radical (unpaired) electrons. The number of imidazole rings is 2. The largest absolute Gasteiger partial charge is 0.483 e. The Labute approximate surface area is 139 Å². The van der Waals surface area contributed by atoms with Crippen LogP contribution in [0, 0.1) is 6.92 Å². The smallest absolute Gasteiger partial charge is 0.290 e. The van der Waals surface area contributed by atoms with Crippen molar-refractivity contribution in [3.05, 3.63) is 53.7 Å². The summed E-state index contributed by atoms with van der Waals surface area (Å²) in [4.78, 5) is 17.4. The van der Waals surface area contributed by atoms with E-state index >= 15 is 0 Å². The maximum Gasteiger partial charge on any atom is 0.290 e. The van der Waals surface area contributed by atoms with Crippen molar-refractivity contribution >= 4 is 6.47 Å². The number of ether oxygens (including phenoxy) is 1. The number of benzene rings is 1. The molecule has 1 aliphatic heterocycles. The molecule has 7 heteroatoms. The Morgan fingerprint density at radius 2 is 2.04 bits per heavy atom. The standard InChI is InChI=1S/C16H16N4O.CH2O2/c1-11-18-15(8-19(11)2)16-17-5-6-20(16)14-4-3-12-9-21-10-13(12)7-14;2-1-3/h3-8H,9-10H2,1-2H3;1H,(H,2,3). The van der Waals surface area contributed by atoms with Gasteiger partial charge in [-0.05, 0) is 30.2 Å². The first-order valence-electron chi connectivity index (χ1n) is 7.45. The van der Waals surface area contributed by atoms with E-state index in [4.69, 9.17) is 14.6 Å². The normalized spacial score (nSPS) is 12.4. The van der Waals surface area contributed by atoms with Gasteiger partial charge in [0.1, 0.15) is 11.5 Å². The highest BCUT2D eigenvalue weighted by Crippen LogP contribution is 2.25. The summed E-state index contributed by atoms with van der Waals surface area (Å²) in [6.07, 6.45) is 5.78. The van der Waals surface area contributed by atoms with Gasteiger partial charge in [-0.2, -0.15) is 0 Å². The van der Waals surface area contributed by atoms with E-state index in [1.54, 1.807) is 0 Å². The molecule has 4 rings (SSSR count). The van der Waals surface area contributed by atoms with Gasteiger partial charge in [-0.15, -0.1) is 0 Å². The van der Waals surface area contributed by atoms with Gasteiger partial charge in [-0.1, -0.05) is 6.07 Å². The average molecular weight is 326 g/mol. The van der Waals surface area contributed by atoms with Gasteiger partial charge in [0.25, 0.3) is 6.47 Å². The molecule has 3 aromatic rings. The highest BCUT2D eigenvalue weighted by atomic mass is 16.5.